The van der Waals surface area contributed by atoms with Crippen molar-refractivity contribution in [3.8, 4) is 11.4 Å². The highest BCUT2D eigenvalue weighted by Crippen LogP contribution is 2.24. The summed E-state index contributed by atoms with van der Waals surface area (Å²) in [5.74, 6) is 0.710. The van der Waals surface area contributed by atoms with Crippen molar-refractivity contribution in [2.24, 2.45) is 5.92 Å². The predicted octanol–water partition coefficient (Wildman–Crippen LogP) is 4.12. The van der Waals surface area contributed by atoms with Crippen molar-refractivity contribution in [1.29, 1.82) is 0 Å². The molecule has 36 heavy (non-hydrogen) atoms. The number of halogens is 1. The molecule has 0 atom stereocenters. The molecule has 1 fully saturated rings. The first-order chi connectivity index (χ1) is 17.5. The van der Waals surface area contributed by atoms with Crippen LogP contribution in [0, 0.1) is 5.92 Å². The summed E-state index contributed by atoms with van der Waals surface area (Å²) in [6, 6.07) is 14.8. The van der Waals surface area contributed by atoms with Crippen molar-refractivity contribution in [3.63, 3.8) is 0 Å². The third kappa shape index (κ3) is 6.99. The van der Waals surface area contributed by atoms with Gasteiger partial charge in [0, 0.05) is 36.2 Å². The molecule has 2 aromatic carbocycles. The minimum Gasteiger partial charge on any atom is -0.385 e. The monoisotopic (exact) mass is 555 g/mol. The summed E-state index contributed by atoms with van der Waals surface area (Å²) in [7, 11) is 1.63. The zero-order chi connectivity index (χ0) is 25.3. The van der Waals surface area contributed by atoms with E-state index in [9.17, 15) is 9.59 Å². The van der Waals surface area contributed by atoms with Crippen LogP contribution in [0.4, 0.5) is 5.69 Å². The molecule has 190 valence electrons. The van der Waals surface area contributed by atoms with E-state index >= 15 is 0 Å². The van der Waals surface area contributed by atoms with E-state index in [2.05, 4.69) is 41.6 Å². The second kappa shape index (κ2) is 12.8. The zero-order valence-corrected chi connectivity index (χ0v) is 21.8. The van der Waals surface area contributed by atoms with E-state index in [0.717, 1.165) is 29.5 Å². The molecule has 2 heterocycles. The number of para-hydroxylation sites is 1. The van der Waals surface area contributed by atoms with Crippen LogP contribution >= 0.6 is 15.9 Å². The maximum atomic E-state index is 13.0. The average molecular weight is 556 g/mol. The van der Waals surface area contributed by atoms with Crippen molar-refractivity contribution in [2.75, 3.05) is 38.7 Å². The number of aromatic nitrogens is 2. The molecule has 0 unspecified atom stereocenters. The SMILES string of the molecule is COCCCNC(=O)c1ccccc1NC(=O)C1CCN(Cc2nc(-c3cccc(Br)c3)no2)CC1. The van der Waals surface area contributed by atoms with Crippen LogP contribution in [0.1, 0.15) is 35.5 Å². The number of amides is 2. The van der Waals surface area contributed by atoms with Crippen LogP contribution in [0.2, 0.25) is 0 Å². The summed E-state index contributed by atoms with van der Waals surface area (Å²) in [4.78, 5) is 32.3. The lowest BCUT2D eigenvalue weighted by atomic mass is 9.95. The van der Waals surface area contributed by atoms with E-state index < -0.39 is 0 Å². The molecule has 3 aromatic rings. The molecule has 0 saturated carbocycles. The van der Waals surface area contributed by atoms with Crippen molar-refractivity contribution in [3.05, 3.63) is 64.5 Å². The maximum Gasteiger partial charge on any atom is 0.253 e. The Morgan fingerprint density at radius 2 is 1.97 bits per heavy atom. The first-order valence-electron chi connectivity index (χ1n) is 12.0. The van der Waals surface area contributed by atoms with Crippen LogP contribution in [0.25, 0.3) is 11.4 Å². The highest BCUT2D eigenvalue weighted by atomic mass is 79.9. The van der Waals surface area contributed by atoms with E-state index in [1.807, 2.05) is 30.3 Å². The summed E-state index contributed by atoms with van der Waals surface area (Å²) >= 11 is 3.46. The Kier molecular flexibility index (Phi) is 9.21. The standard InChI is InChI=1S/C26H30BrN5O4/c1-35-15-5-12-28-26(34)21-8-2-3-9-22(21)29-25(33)18-10-13-32(14-11-18)17-23-30-24(31-36-23)19-6-4-7-20(27)16-19/h2-4,6-9,16,18H,5,10-15,17H2,1H3,(H,28,34)(H,29,33). The molecule has 0 radical (unpaired) electrons. The minimum absolute atomic E-state index is 0.0657. The fraction of sp³-hybridized carbons (Fsp3) is 0.385. The quantitative estimate of drug-likeness (QED) is 0.362. The van der Waals surface area contributed by atoms with Gasteiger partial charge < -0.3 is 19.9 Å². The summed E-state index contributed by atoms with van der Waals surface area (Å²) in [5, 5.41) is 9.93. The van der Waals surface area contributed by atoms with Crippen LogP contribution < -0.4 is 10.6 Å². The molecule has 9 nitrogen and oxygen atoms in total. The molecule has 4 rings (SSSR count). The Morgan fingerprint density at radius 1 is 1.17 bits per heavy atom. The minimum atomic E-state index is -0.210. The summed E-state index contributed by atoms with van der Waals surface area (Å²) in [6.45, 7) is 3.12. The van der Waals surface area contributed by atoms with Crippen LogP contribution in [-0.4, -0.2) is 60.2 Å². The van der Waals surface area contributed by atoms with E-state index in [-0.39, 0.29) is 17.7 Å². The largest absolute Gasteiger partial charge is 0.385 e. The molecular formula is C26H30BrN5O4. The second-order valence-electron chi connectivity index (χ2n) is 8.71. The second-order valence-corrected chi connectivity index (χ2v) is 9.63. The number of benzene rings is 2. The first-order valence-corrected chi connectivity index (χ1v) is 12.8. The molecule has 2 amide bonds. The number of likely N-dealkylation sites (tertiary alicyclic amines) is 1. The molecule has 1 aliphatic rings. The van der Waals surface area contributed by atoms with E-state index in [4.69, 9.17) is 9.26 Å². The molecule has 1 aromatic heterocycles. The molecule has 0 bridgehead atoms. The fourth-order valence-electron chi connectivity index (χ4n) is 4.15. The van der Waals surface area contributed by atoms with Gasteiger partial charge in [-0.3, -0.25) is 14.5 Å². The number of nitrogens with one attached hydrogen (secondary N) is 2. The molecule has 10 heteroatoms. The fourth-order valence-corrected chi connectivity index (χ4v) is 4.55. The number of hydrogen-bond acceptors (Lipinski definition) is 7. The van der Waals surface area contributed by atoms with Gasteiger partial charge in [0.05, 0.1) is 17.8 Å². The number of ether oxygens (including phenoxy) is 1. The summed E-state index contributed by atoms with van der Waals surface area (Å²) in [5.41, 5.74) is 1.87. The Labute approximate surface area is 218 Å². The lowest BCUT2D eigenvalue weighted by Crippen LogP contribution is -2.38. The predicted molar refractivity (Wildman–Crippen MR) is 139 cm³/mol. The van der Waals surface area contributed by atoms with Gasteiger partial charge >= 0.3 is 0 Å². The third-order valence-electron chi connectivity index (χ3n) is 6.11. The van der Waals surface area contributed by atoms with Crippen LogP contribution in [-0.2, 0) is 16.1 Å². The number of methoxy groups -OCH3 is 1. The van der Waals surface area contributed by atoms with Gasteiger partial charge in [-0.1, -0.05) is 45.4 Å². The maximum absolute atomic E-state index is 13.0. The Morgan fingerprint density at radius 3 is 2.75 bits per heavy atom. The topological polar surface area (TPSA) is 110 Å². The van der Waals surface area contributed by atoms with Crippen LogP contribution in [0.3, 0.4) is 0 Å². The van der Waals surface area contributed by atoms with Crippen molar-refractivity contribution >= 4 is 33.4 Å². The molecule has 0 aliphatic carbocycles. The van der Waals surface area contributed by atoms with Gasteiger partial charge in [-0.2, -0.15) is 4.98 Å². The highest BCUT2D eigenvalue weighted by Gasteiger charge is 2.27. The lowest BCUT2D eigenvalue weighted by molar-refractivity contribution is -0.121. The van der Waals surface area contributed by atoms with Crippen LogP contribution in [0.15, 0.2) is 57.5 Å². The molecule has 2 N–H and O–H groups in total. The van der Waals surface area contributed by atoms with Crippen molar-refractivity contribution < 1.29 is 18.8 Å². The smallest absolute Gasteiger partial charge is 0.253 e. The van der Waals surface area contributed by atoms with Crippen molar-refractivity contribution in [2.45, 2.75) is 25.8 Å². The van der Waals surface area contributed by atoms with E-state index in [1.165, 1.54) is 0 Å². The van der Waals surface area contributed by atoms with Crippen LogP contribution in [0.5, 0.6) is 0 Å². The van der Waals surface area contributed by atoms with Gasteiger partial charge in [0.25, 0.3) is 5.91 Å². The van der Waals surface area contributed by atoms with Gasteiger partial charge in [-0.05, 0) is 56.6 Å². The number of rotatable bonds is 10. The Bertz CT molecular complexity index is 1180. The number of carbonyl (C=O) groups is 2. The number of carbonyl (C=O) groups excluding carboxylic acids is 2. The first kappa shape index (κ1) is 26.0. The molecule has 1 aliphatic heterocycles. The lowest BCUT2D eigenvalue weighted by Gasteiger charge is -2.30. The zero-order valence-electron chi connectivity index (χ0n) is 20.2. The van der Waals surface area contributed by atoms with Gasteiger partial charge in [-0.25, -0.2) is 0 Å². The molecule has 1 saturated heterocycles. The number of piperidine rings is 1. The summed E-state index contributed by atoms with van der Waals surface area (Å²) < 4.78 is 11.4. The Balaban J connectivity index is 1.27. The number of hydrogen-bond donors (Lipinski definition) is 2. The number of anilines is 1. The van der Waals surface area contributed by atoms with Gasteiger partial charge in [-0.15, -0.1) is 0 Å². The number of nitrogens with zero attached hydrogens (tertiary/aromatic N) is 3. The highest BCUT2D eigenvalue weighted by molar-refractivity contribution is 9.10. The van der Waals surface area contributed by atoms with Gasteiger partial charge in [0.1, 0.15) is 0 Å². The molecule has 0 spiro atoms. The third-order valence-corrected chi connectivity index (χ3v) is 6.60. The Hall–Kier alpha value is -3.08. The van der Waals surface area contributed by atoms with Gasteiger partial charge in [0.2, 0.25) is 17.6 Å². The van der Waals surface area contributed by atoms with Crippen molar-refractivity contribution in [1.82, 2.24) is 20.4 Å². The van der Waals surface area contributed by atoms with Gasteiger partial charge in [0.15, 0.2) is 0 Å². The normalized spacial score (nSPS) is 14.5. The van der Waals surface area contributed by atoms with E-state index in [0.29, 0.717) is 55.5 Å². The molecular weight excluding hydrogens is 526 g/mol. The summed E-state index contributed by atoms with van der Waals surface area (Å²) in [6.07, 6.45) is 2.15. The van der Waals surface area contributed by atoms with E-state index in [1.54, 1.807) is 25.3 Å². The average Bonchev–Trinajstić information content (AvgIpc) is 3.36.